The minimum atomic E-state index is -4.34. The van der Waals surface area contributed by atoms with E-state index in [-0.39, 0.29) is 5.69 Å². The summed E-state index contributed by atoms with van der Waals surface area (Å²) in [5, 5.41) is 0. The van der Waals surface area contributed by atoms with Crippen molar-refractivity contribution in [3.8, 4) is 0 Å². The molecule has 1 radical (unpaired) electrons. The lowest BCUT2D eigenvalue weighted by Gasteiger charge is -2.36. The first-order valence-corrected chi connectivity index (χ1v) is 7.06. The van der Waals surface area contributed by atoms with Crippen molar-refractivity contribution in [2.24, 2.45) is 0 Å². The van der Waals surface area contributed by atoms with Crippen LogP contribution in [0.25, 0.3) is 6.08 Å². The Kier molecular flexibility index (Phi) is 4.93. The fourth-order valence-electron chi connectivity index (χ4n) is 2.56. The normalized spacial score (nSPS) is 17.7. The van der Waals surface area contributed by atoms with Crippen LogP contribution in [0.1, 0.15) is 18.1 Å². The van der Waals surface area contributed by atoms with Crippen molar-refractivity contribution in [3.05, 3.63) is 42.3 Å². The first kappa shape index (κ1) is 15.9. The number of allylic oxidation sites excluding steroid dienone is 1. The molecule has 0 aromatic heterocycles. The van der Waals surface area contributed by atoms with Crippen LogP contribution >= 0.6 is 0 Å². The number of halogens is 3. The van der Waals surface area contributed by atoms with Crippen molar-refractivity contribution in [1.29, 1.82) is 0 Å². The molecule has 1 heterocycles. The highest BCUT2D eigenvalue weighted by Crippen LogP contribution is 2.37. The van der Waals surface area contributed by atoms with Gasteiger partial charge < -0.3 is 4.90 Å². The second-order valence-electron chi connectivity index (χ2n) is 5.10. The zero-order valence-corrected chi connectivity index (χ0v) is 12.2. The Morgan fingerprint density at radius 2 is 1.86 bits per heavy atom. The second kappa shape index (κ2) is 6.52. The van der Waals surface area contributed by atoms with Gasteiger partial charge >= 0.3 is 6.18 Å². The molecule has 1 aromatic rings. The Labute approximate surface area is 123 Å². The average molecular weight is 297 g/mol. The molecule has 0 unspecified atom stereocenters. The Hall–Kier alpha value is -1.49. The molecule has 0 bridgehead atoms. The van der Waals surface area contributed by atoms with Crippen molar-refractivity contribution in [2.75, 3.05) is 37.6 Å². The van der Waals surface area contributed by atoms with Crippen LogP contribution < -0.4 is 4.90 Å². The topological polar surface area (TPSA) is 6.48 Å². The van der Waals surface area contributed by atoms with E-state index in [1.807, 2.05) is 4.90 Å². The number of hydrogen-bond acceptors (Lipinski definition) is 2. The summed E-state index contributed by atoms with van der Waals surface area (Å²) in [5.41, 5.74) is 0.297. The van der Waals surface area contributed by atoms with Gasteiger partial charge in [-0.25, -0.2) is 0 Å². The molecule has 1 aromatic carbocycles. The van der Waals surface area contributed by atoms with Crippen LogP contribution in [0.15, 0.2) is 24.3 Å². The number of alkyl halides is 3. The lowest BCUT2D eigenvalue weighted by molar-refractivity contribution is -0.137. The predicted octanol–water partition coefficient (Wildman–Crippen LogP) is 3.69. The average Bonchev–Trinajstić information content (AvgIpc) is 2.47. The predicted molar refractivity (Wildman–Crippen MR) is 80.2 cm³/mol. The van der Waals surface area contributed by atoms with Crippen molar-refractivity contribution >= 4 is 11.8 Å². The molecular formula is C16H20F3N2. The van der Waals surface area contributed by atoms with E-state index in [1.165, 1.54) is 6.07 Å². The third-order valence-electron chi connectivity index (χ3n) is 3.71. The maximum atomic E-state index is 13.3. The number of anilines is 1. The molecule has 0 N–H and O–H groups in total. The smallest absolute Gasteiger partial charge is 0.368 e. The van der Waals surface area contributed by atoms with E-state index in [4.69, 9.17) is 0 Å². The summed E-state index contributed by atoms with van der Waals surface area (Å²) in [4.78, 5) is 3.95. The fourth-order valence-corrected chi connectivity index (χ4v) is 2.56. The second-order valence-corrected chi connectivity index (χ2v) is 5.10. The van der Waals surface area contributed by atoms with Crippen molar-refractivity contribution in [2.45, 2.75) is 13.1 Å². The van der Waals surface area contributed by atoms with E-state index in [2.05, 4.69) is 11.8 Å². The quantitative estimate of drug-likeness (QED) is 0.839. The van der Waals surface area contributed by atoms with Crippen molar-refractivity contribution in [3.63, 3.8) is 0 Å². The SMILES string of the molecule is [CH2]CN1CCN(c2ccc(/C=C/C)cc2C(F)(F)F)CC1. The van der Waals surface area contributed by atoms with Crippen LogP contribution in [-0.2, 0) is 6.18 Å². The highest BCUT2D eigenvalue weighted by atomic mass is 19.4. The molecule has 1 saturated heterocycles. The molecule has 5 heteroatoms. The minimum absolute atomic E-state index is 0.277. The van der Waals surface area contributed by atoms with Gasteiger partial charge in [0.1, 0.15) is 0 Å². The van der Waals surface area contributed by atoms with Gasteiger partial charge in [0, 0.05) is 31.9 Å². The van der Waals surface area contributed by atoms with E-state index in [9.17, 15) is 13.2 Å². The van der Waals surface area contributed by atoms with Crippen LogP contribution in [-0.4, -0.2) is 37.6 Å². The van der Waals surface area contributed by atoms with Crippen LogP contribution in [0.2, 0.25) is 0 Å². The molecule has 1 fully saturated rings. The van der Waals surface area contributed by atoms with Gasteiger partial charge in [-0.05, 0) is 38.1 Å². The molecule has 0 spiro atoms. The Morgan fingerprint density at radius 3 is 2.38 bits per heavy atom. The summed E-state index contributed by atoms with van der Waals surface area (Å²) in [6.45, 7) is 8.99. The number of piperazine rings is 1. The van der Waals surface area contributed by atoms with Gasteiger partial charge in [-0.3, -0.25) is 4.90 Å². The molecule has 2 nitrogen and oxygen atoms in total. The molecule has 1 aliphatic rings. The highest BCUT2D eigenvalue weighted by molar-refractivity contribution is 5.62. The first-order chi connectivity index (χ1) is 9.95. The molecule has 0 atom stereocenters. The monoisotopic (exact) mass is 297 g/mol. The highest BCUT2D eigenvalue weighted by Gasteiger charge is 2.35. The Balaban J connectivity index is 2.30. The van der Waals surface area contributed by atoms with Gasteiger partial charge in [-0.2, -0.15) is 13.2 Å². The van der Waals surface area contributed by atoms with Crippen LogP contribution in [0.4, 0.5) is 18.9 Å². The molecular weight excluding hydrogens is 277 g/mol. The summed E-state index contributed by atoms with van der Waals surface area (Å²) in [6, 6.07) is 4.54. The molecule has 2 rings (SSSR count). The summed E-state index contributed by atoms with van der Waals surface area (Å²) in [6.07, 6.45) is -0.918. The van der Waals surface area contributed by atoms with Gasteiger partial charge in [0.25, 0.3) is 0 Å². The maximum absolute atomic E-state index is 13.3. The number of benzene rings is 1. The van der Waals surface area contributed by atoms with Gasteiger partial charge in [-0.15, -0.1) is 0 Å². The Morgan fingerprint density at radius 1 is 1.19 bits per heavy atom. The summed E-state index contributed by atoms with van der Waals surface area (Å²) < 4.78 is 39.9. The van der Waals surface area contributed by atoms with E-state index in [0.29, 0.717) is 25.2 Å². The van der Waals surface area contributed by atoms with Gasteiger partial charge in [-0.1, -0.05) is 18.2 Å². The molecule has 0 saturated carbocycles. The van der Waals surface area contributed by atoms with Crippen molar-refractivity contribution < 1.29 is 13.2 Å². The third-order valence-corrected chi connectivity index (χ3v) is 3.71. The summed E-state index contributed by atoms with van der Waals surface area (Å²) in [7, 11) is 0. The summed E-state index contributed by atoms with van der Waals surface area (Å²) in [5.74, 6) is 0. The van der Waals surface area contributed by atoms with Crippen LogP contribution in [0, 0.1) is 6.92 Å². The van der Waals surface area contributed by atoms with E-state index in [0.717, 1.165) is 13.1 Å². The molecule has 0 aliphatic carbocycles. The van der Waals surface area contributed by atoms with E-state index < -0.39 is 11.7 Å². The Bertz CT molecular complexity index is 501. The van der Waals surface area contributed by atoms with Crippen molar-refractivity contribution in [1.82, 2.24) is 4.90 Å². The fraction of sp³-hybridized carbons (Fsp3) is 0.438. The standard InChI is InChI=1S/C16H20F3N2/c1-3-5-13-6-7-15(14(12-13)16(17,18)19)21-10-8-20(4-2)9-11-21/h3,5-7,12H,2,4,8-11H2,1H3/b5-3+. The first-order valence-electron chi connectivity index (χ1n) is 7.06. The molecule has 0 amide bonds. The van der Waals surface area contributed by atoms with Gasteiger partial charge in [0.05, 0.1) is 5.56 Å². The molecule has 1 aliphatic heterocycles. The third kappa shape index (κ3) is 3.79. The number of rotatable bonds is 3. The van der Waals surface area contributed by atoms with Crippen LogP contribution in [0.3, 0.4) is 0 Å². The molecule has 21 heavy (non-hydrogen) atoms. The largest absolute Gasteiger partial charge is 0.418 e. The molecule has 115 valence electrons. The van der Waals surface area contributed by atoms with Gasteiger partial charge in [0.2, 0.25) is 0 Å². The van der Waals surface area contributed by atoms with Gasteiger partial charge in [0.15, 0.2) is 0 Å². The maximum Gasteiger partial charge on any atom is 0.418 e. The number of nitrogens with zero attached hydrogens (tertiary/aromatic N) is 2. The zero-order valence-electron chi connectivity index (χ0n) is 12.2. The zero-order chi connectivity index (χ0) is 15.5. The van der Waals surface area contributed by atoms with E-state index >= 15 is 0 Å². The van der Waals surface area contributed by atoms with Crippen LogP contribution in [0.5, 0.6) is 0 Å². The van der Waals surface area contributed by atoms with E-state index in [1.54, 1.807) is 31.2 Å². The summed E-state index contributed by atoms with van der Waals surface area (Å²) >= 11 is 0. The minimum Gasteiger partial charge on any atom is -0.368 e. The lowest BCUT2D eigenvalue weighted by atomic mass is 10.1. The number of hydrogen-bond donors (Lipinski definition) is 0. The lowest BCUT2D eigenvalue weighted by Crippen LogP contribution is -2.46.